The molecule has 0 radical (unpaired) electrons. The number of amides is 1. The lowest BCUT2D eigenvalue weighted by molar-refractivity contribution is -0.119. The van der Waals surface area contributed by atoms with E-state index in [-0.39, 0.29) is 11.9 Å². The molecule has 0 bridgehead atoms. The van der Waals surface area contributed by atoms with E-state index in [1.807, 2.05) is 61.5 Å². The van der Waals surface area contributed by atoms with Crippen LogP contribution in [0.1, 0.15) is 18.7 Å². The van der Waals surface area contributed by atoms with Crippen molar-refractivity contribution < 1.29 is 9.53 Å². The molecular formula is C21H19N3O2S. The molecule has 0 spiro atoms. The SMILES string of the molecule is CC(=O)NC(C)C#Cc1cnc(Oc2ccc(Nc3ccccc3)cc2)s1. The van der Waals surface area contributed by atoms with Gasteiger partial charge in [-0.1, -0.05) is 41.4 Å². The summed E-state index contributed by atoms with van der Waals surface area (Å²) in [6.07, 6.45) is 1.67. The molecule has 1 amide bonds. The van der Waals surface area contributed by atoms with Gasteiger partial charge in [0.05, 0.1) is 12.2 Å². The monoisotopic (exact) mass is 377 g/mol. The fourth-order valence-electron chi connectivity index (χ4n) is 2.28. The van der Waals surface area contributed by atoms with Crippen LogP contribution in [-0.2, 0) is 4.79 Å². The molecule has 1 heterocycles. The molecule has 0 saturated carbocycles. The lowest BCUT2D eigenvalue weighted by Crippen LogP contribution is -2.28. The summed E-state index contributed by atoms with van der Waals surface area (Å²) in [7, 11) is 0. The zero-order chi connectivity index (χ0) is 19.1. The molecule has 136 valence electrons. The summed E-state index contributed by atoms with van der Waals surface area (Å²) in [4.78, 5) is 16.0. The van der Waals surface area contributed by atoms with Crippen LogP contribution in [0.2, 0.25) is 0 Å². The fraction of sp³-hybridized carbons (Fsp3) is 0.143. The van der Waals surface area contributed by atoms with E-state index in [2.05, 4.69) is 27.5 Å². The van der Waals surface area contributed by atoms with E-state index < -0.39 is 0 Å². The third-order valence-electron chi connectivity index (χ3n) is 3.44. The van der Waals surface area contributed by atoms with Gasteiger partial charge in [-0.15, -0.1) is 0 Å². The average molecular weight is 377 g/mol. The first-order valence-corrected chi connectivity index (χ1v) is 9.24. The van der Waals surface area contributed by atoms with Crippen molar-refractivity contribution in [3.8, 4) is 22.8 Å². The van der Waals surface area contributed by atoms with Gasteiger partial charge in [-0.05, 0) is 43.3 Å². The van der Waals surface area contributed by atoms with Crippen LogP contribution < -0.4 is 15.4 Å². The van der Waals surface area contributed by atoms with Gasteiger partial charge in [0, 0.05) is 18.3 Å². The van der Waals surface area contributed by atoms with E-state index in [1.165, 1.54) is 18.3 Å². The Hall–Kier alpha value is -3.30. The van der Waals surface area contributed by atoms with Crippen molar-refractivity contribution in [1.82, 2.24) is 10.3 Å². The van der Waals surface area contributed by atoms with Crippen molar-refractivity contribution in [1.29, 1.82) is 0 Å². The third kappa shape index (κ3) is 5.87. The lowest BCUT2D eigenvalue weighted by atomic mass is 10.2. The number of nitrogens with zero attached hydrogens (tertiary/aromatic N) is 1. The first-order chi connectivity index (χ1) is 13.1. The molecular weight excluding hydrogens is 358 g/mol. The van der Waals surface area contributed by atoms with E-state index in [4.69, 9.17) is 4.74 Å². The van der Waals surface area contributed by atoms with Gasteiger partial charge in [0.25, 0.3) is 5.19 Å². The summed E-state index contributed by atoms with van der Waals surface area (Å²) >= 11 is 1.36. The largest absolute Gasteiger partial charge is 0.431 e. The summed E-state index contributed by atoms with van der Waals surface area (Å²) in [5.41, 5.74) is 2.01. The van der Waals surface area contributed by atoms with Gasteiger partial charge in [-0.3, -0.25) is 4.79 Å². The number of nitrogens with one attached hydrogen (secondary N) is 2. The van der Waals surface area contributed by atoms with Crippen molar-refractivity contribution in [2.75, 3.05) is 5.32 Å². The van der Waals surface area contributed by atoms with Crippen molar-refractivity contribution in [2.45, 2.75) is 19.9 Å². The normalized spacial score (nSPS) is 11.0. The van der Waals surface area contributed by atoms with Crippen LogP contribution >= 0.6 is 11.3 Å². The number of hydrogen-bond donors (Lipinski definition) is 2. The maximum atomic E-state index is 11.0. The highest BCUT2D eigenvalue weighted by molar-refractivity contribution is 7.13. The molecule has 1 atom stereocenters. The Balaban J connectivity index is 1.59. The molecule has 0 aliphatic carbocycles. The molecule has 27 heavy (non-hydrogen) atoms. The molecule has 1 unspecified atom stereocenters. The fourth-order valence-corrected chi connectivity index (χ4v) is 2.93. The van der Waals surface area contributed by atoms with Gasteiger partial charge in [0.1, 0.15) is 10.6 Å². The van der Waals surface area contributed by atoms with Gasteiger partial charge in [0.15, 0.2) is 0 Å². The van der Waals surface area contributed by atoms with Crippen LogP contribution in [0, 0.1) is 11.8 Å². The predicted octanol–water partition coefficient (Wildman–Crippen LogP) is 4.56. The average Bonchev–Trinajstić information content (AvgIpc) is 3.09. The molecule has 2 N–H and O–H groups in total. The van der Waals surface area contributed by atoms with Gasteiger partial charge in [-0.25, -0.2) is 4.98 Å². The van der Waals surface area contributed by atoms with Crippen LogP contribution in [-0.4, -0.2) is 16.9 Å². The maximum Gasteiger partial charge on any atom is 0.279 e. The first kappa shape index (κ1) is 18.5. The lowest BCUT2D eigenvalue weighted by Gasteiger charge is -2.07. The summed E-state index contributed by atoms with van der Waals surface area (Å²) in [5, 5.41) is 6.56. The van der Waals surface area contributed by atoms with Crippen LogP contribution in [0.3, 0.4) is 0 Å². The molecule has 3 aromatic rings. The Labute approximate surface area is 162 Å². The van der Waals surface area contributed by atoms with Crippen molar-refractivity contribution in [2.24, 2.45) is 0 Å². The number of thiazole rings is 1. The number of hydrogen-bond acceptors (Lipinski definition) is 5. The second kappa shape index (κ2) is 8.88. The number of anilines is 2. The Bertz CT molecular complexity index is 956. The highest BCUT2D eigenvalue weighted by atomic mass is 32.1. The van der Waals surface area contributed by atoms with Crippen LogP contribution in [0.25, 0.3) is 0 Å². The predicted molar refractivity (Wildman–Crippen MR) is 109 cm³/mol. The Morgan fingerprint density at radius 1 is 1.11 bits per heavy atom. The van der Waals surface area contributed by atoms with E-state index in [0.717, 1.165) is 16.3 Å². The minimum atomic E-state index is -0.210. The molecule has 0 fully saturated rings. The van der Waals surface area contributed by atoms with Crippen molar-refractivity contribution in [3.63, 3.8) is 0 Å². The Morgan fingerprint density at radius 2 is 1.81 bits per heavy atom. The zero-order valence-electron chi connectivity index (χ0n) is 15.0. The highest BCUT2D eigenvalue weighted by Gasteiger charge is 2.04. The maximum absolute atomic E-state index is 11.0. The molecule has 0 aliphatic rings. The second-order valence-electron chi connectivity index (χ2n) is 5.80. The summed E-state index contributed by atoms with van der Waals surface area (Å²) in [6.45, 7) is 3.30. The van der Waals surface area contributed by atoms with Crippen LogP contribution in [0.15, 0.2) is 60.8 Å². The Kier molecular flexibility index (Phi) is 6.08. The quantitative estimate of drug-likeness (QED) is 0.640. The van der Waals surface area contributed by atoms with Crippen LogP contribution in [0.4, 0.5) is 11.4 Å². The van der Waals surface area contributed by atoms with E-state index in [9.17, 15) is 4.79 Å². The molecule has 0 saturated heterocycles. The number of benzene rings is 2. The molecule has 1 aromatic heterocycles. The molecule has 2 aromatic carbocycles. The third-order valence-corrected chi connectivity index (χ3v) is 4.23. The van der Waals surface area contributed by atoms with Gasteiger partial charge < -0.3 is 15.4 Å². The number of para-hydroxylation sites is 1. The number of ether oxygens (including phenoxy) is 1. The highest BCUT2D eigenvalue weighted by Crippen LogP contribution is 2.27. The molecule has 3 rings (SSSR count). The number of carbonyl (C=O) groups is 1. The van der Waals surface area contributed by atoms with Crippen LogP contribution in [0.5, 0.6) is 10.9 Å². The topological polar surface area (TPSA) is 63.2 Å². The Morgan fingerprint density at radius 3 is 2.52 bits per heavy atom. The molecule has 6 heteroatoms. The number of rotatable bonds is 5. The van der Waals surface area contributed by atoms with Gasteiger partial charge in [0.2, 0.25) is 5.91 Å². The summed E-state index contributed by atoms with van der Waals surface area (Å²) in [5.74, 6) is 6.56. The number of aromatic nitrogens is 1. The molecule has 0 aliphatic heterocycles. The summed E-state index contributed by atoms with van der Waals surface area (Å²) in [6, 6.07) is 17.4. The second-order valence-corrected chi connectivity index (χ2v) is 6.79. The first-order valence-electron chi connectivity index (χ1n) is 8.43. The minimum absolute atomic E-state index is 0.102. The minimum Gasteiger partial charge on any atom is -0.431 e. The van der Waals surface area contributed by atoms with Crippen molar-refractivity contribution in [3.05, 3.63) is 65.7 Å². The zero-order valence-corrected chi connectivity index (χ0v) is 15.8. The number of carbonyl (C=O) groups excluding carboxylic acids is 1. The van der Waals surface area contributed by atoms with Gasteiger partial charge in [-0.2, -0.15) is 0 Å². The summed E-state index contributed by atoms with van der Waals surface area (Å²) < 4.78 is 5.78. The smallest absolute Gasteiger partial charge is 0.279 e. The van der Waals surface area contributed by atoms with E-state index in [1.54, 1.807) is 6.20 Å². The standard InChI is InChI=1S/C21H19N3O2S/c1-15(23-16(2)25)8-13-20-14-22-21(27-20)26-19-11-9-18(10-12-19)24-17-6-4-3-5-7-17/h3-7,9-12,14-15,24H,1-2H3,(H,23,25). The van der Waals surface area contributed by atoms with E-state index in [0.29, 0.717) is 10.9 Å². The van der Waals surface area contributed by atoms with Gasteiger partial charge >= 0.3 is 0 Å². The molecule has 5 nitrogen and oxygen atoms in total. The van der Waals surface area contributed by atoms with E-state index >= 15 is 0 Å². The van der Waals surface area contributed by atoms with Crippen molar-refractivity contribution >= 4 is 28.6 Å².